The van der Waals surface area contributed by atoms with E-state index in [-0.39, 0.29) is 18.1 Å². The lowest BCUT2D eigenvalue weighted by atomic mass is 9.93. The number of carbonyl (C=O) groups excluding carboxylic acids is 1. The lowest BCUT2D eigenvalue weighted by molar-refractivity contribution is 0.0605. The molecule has 0 radical (unpaired) electrons. The number of halogens is 2. The van der Waals surface area contributed by atoms with E-state index in [1.165, 1.54) is 0 Å². The summed E-state index contributed by atoms with van der Waals surface area (Å²) in [7, 11) is 0. The Morgan fingerprint density at radius 2 is 1.76 bits per heavy atom. The minimum atomic E-state index is -0.236. The average Bonchev–Trinajstić information content (AvgIpc) is 3.32. The Balaban J connectivity index is 1.67. The number of carbonyl (C=O) groups is 1. The van der Waals surface area contributed by atoms with E-state index < -0.39 is 0 Å². The van der Waals surface area contributed by atoms with E-state index >= 15 is 0 Å². The topological polar surface area (TPSA) is 45.3 Å². The van der Waals surface area contributed by atoms with Gasteiger partial charge in [0.05, 0.1) is 22.9 Å². The molecule has 5 rings (SSSR count). The number of aromatic amines is 1. The van der Waals surface area contributed by atoms with Crippen molar-refractivity contribution in [2.24, 2.45) is 0 Å². The number of hydrogen-bond donors (Lipinski definition) is 1. The second-order valence-electron chi connectivity index (χ2n) is 8.84. The van der Waals surface area contributed by atoms with Gasteiger partial charge in [-0.3, -0.25) is 4.79 Å². The molecule has 0 fully saturated rings. The van der Waals surface area contributed by atoms with Gasteiger partial charge in [0.2, 0.25) is 0 Å². The number of para-hydroxylation sites is 1. The number of nitrogens with zero attached hydrogens (tertiary/aromatic N) is 1. The summed E-state index contributed by atoms with van der Waals surface area (Å²) in [5.41, 5.74) is 5.56. The Morgan fingerprint density at radius 3 is 2.56 bits per heavy atom. The van der Waals surface area contributed by atoms with Crippen molar-refractivity contribution in [3.63, 3.8) is 0 Å². The number of ether oxygens (including phenoxy) is 1. The highest BCUT2D eigenvalue weighted by Crippen LogP contribution is 2.46. The third kappa shape index (κ3) is 4.11. The minimum absolute atomic E-state index is 0.0450. The van der Waals surface area contributed by atoms with Crippen LogP contribution in [0.5, 0.6) is 0 Å². The van der Waals surface area contributed by atoms with Gasteiger partial charge < -0.3 is 14.6 Å². The average molecular weight is 493 g/mol. The van der Waals surface area contributed by atoms with Gasteiger partial charge in [0.15, 0.2) is 0 Å². The number of nitrogens with one attached hydrogen (secondary N) is 1. The SMILES string of the molecule is CC(C)OCCCN1C(=O)c2ccccc2[C@@H]1c1c(-c2ccc(Cl)cc2Cl)[nH]c2ccccc12. The highest BCUT2D eigenvalue weighted by Gasteiger charge is 2.39. The number of rotatable bonds is 7. The lowest BCUT2D eigenvalue weighted by Crippen LogP contribution is -2.30. The number of amides is 1. The summed E-state index contributed by atoms with van der Waals surface area (Å²) in [6.45, 7) is 5.24. The fourth-order valence-corrected chi connectivity index (χ4v) is 5.32. The van der Waals surface area contributed by atoms with E-state index in [1.54, 1.807) is 6.07 Å². The number of benzene rings is 3. The molecule has 1 aromatic heterocycles. The van der Waals surface area contributed by atoms with Gasteiger partial charge >= 0.3 is 0 Å². The molecule has 4 nitrogen and oxygen atoms in total. The molecule has 174 valence electrons. The van der Waals surface area contributed by atoms with E-state index in [4.69, 9.17) is 27.9 Å². The number of hydrogen-bond acceptors (Lipinski definition) is 2. The van der Waals surface area contributed by atoms with E-state index in [0.717, 1.165) is 45.3 Å². The smallest absolute Gasteiger partial charge is 0.255 e. The molecule has 0 spiro atoms. The van der Waals surface area contributed by atoms with Crippen LogP contribution in [0, 0.1) is 0 Å². The van der Waals surface area contributed by atoms with Crippen LogP contribution in [0.4, 0.5) is 0 Å². The van der Waals surface area contributed by atoms with Crippen LogP contribution < -0.4 is 0 Å². The molecule has 1 N–H and O–H groups in total. The normalized spacial score (nSPS) is 15.5. The second kappa shape index (κ2) is 9.46. The number of H-pyrrole nitrogens is 1. The molecular weight excluding hydrogens is 467 g/mol. The molecule has 2 heterocycles. The summed E-state index contributed by atoms with van der Waals surface area (Å²) in [5.74, 6) is 0.0450. The zero-order valence-corrected chi connectivity index (χ0v) is 20.7. The van der Waals surface area contributed by atoms with E-state index in [0.29, 0.717) is 23.2 Å². The predicted octanol–water partition coefficient (Wildman–Crippen LogP) is 7.50. The monoisotopic (exact) mass is 492 g/mol. The minimum Gasteiger partial charge on any atom is -0.379 e. The molecule has 0 unspecified atom stereocenters. The molecule has 0 saturated carbocycles. The molecular formula is C28H26Cl2N2O2. The molecule has 0 bridgehead atoms. The molecule has 3 aromatic carbocycles. The summed E-state index contributed by atoms with van der Waals surface area (Å²) in [6.07, 6.45) is 0.919. The molecule has 0 aliphatic carbocycles. The van der Waals surface area contributed by atoms with Crippen LogP contribution in [-0.4, -0.2) is 35.0 Å². The Bertz CT molecular complexity index is 1360. The molecule has 1 aliphatic rings. The van der Waals surface area contributed by atoms with Crippen molar-refractivity contribution >= 4 is 40.0 Å². The van der Waals surface area contributed by atoms with Crippen LogP contribution in [0.3, 0.4) is 0 Å². The third-order valence-electron chi connectivity index (χ3n) is 6.27. The molecule has 6 heteroatoms. The van der Waals surface area contributed by atoms with Crippen molar-refractivity contribution in [3.8, 4) is 11.3 Å². The van der Waals surface area contributed by atoms with Crippen molar-refractivity contribution in [2.45, 2.75) is 32.4 Å². The Morgan fingerprint density at radius 1 is 1.00 bits per heavy atom. The van der Waals surface area contributed by atoms with Gasteiger partial charge in [-0.05, 0) is 56.2 Å². The van der Waals surface area contributed by atoms with Crippen LogP contribution in [-0.2, 0) is 4.74 Å². The van der Waals surface area contributed by atoms with Gasteiger partial charge in [-0.15, -0.1) is 0 Å². The maximum Gasteiger partial charge on any atom is 0.255 e. The number of fused-ring (bicyclic) bond motifs is 2. The van der Waals surface area contributed by atoms with Crippen LogP contribution >= 0.6 is 23.2 Å². The lowest BCUT2D eigenvalue weighted by Gasteiger charge is -2.27. The van der Waals surface area contributed by atoms with E-state index in [9.17, 15) is 4.79 Å². The molecule has 1 atom stereocenters. The summed E-state index contributed by atoms with van der Waals surface area (Å²) in [5, 5.41) is 2.22. The van der Waals surface area contributed by atoms with Gasteiger partial charge in [0, 0.05) is 45.8 Å². The second-order valence-corrected chi connectivity index (χ2v) is 9.69. The Labute approximate surface area is 209 Å². The van der Waals surface area contributed by atoms with Crippen molar-refractivity contribution in [1.29, 1.82) is 0 Å². The Kier molecular flexibility index (Phi) is 6.39. The van der Waals surface area contributed by atoms with Crippen molar-refractivity contribution < 1.29 is 9.53 Å². The first-order chi connectivity index (χ1) is 16.5. The summed E-state index contributed by atoms with van der Waals surface area (Å²) >= 11 is 12.9. The van der Waals surface area contributed by atoms with Crippen molar-refractivity contribution in [2.75, 3.05) is 13.2 Å². The van der Waals surface area contributed by atoms with Crippen LogP contribution in [0.2, 0.25) is 10.0 Å². The van der Waals surface area contributed by atoms with Crippen LogP contribution in [0.1, 0.15) is 47.8 Å². The summed E-state index contributed by atoms with van der Waals surface area (Å²) in [4.78, 5) is 19.1. The first-order valence-corrected chi connectivity index (χ1v) is 12.3. The van der Waals surface area contributed by atoms with Gasteiger partial charge in [-0.1, -0.05) is 59.6 Å². The van der Waals surface area contributed by atoms with Gasteiger partial charge in [0.1, 0.15) is 0 Å². The third-order valence-corrected chi connectivity index (χ3v) is 6.82. The molecule has 4 aromatic rings. The first-order valence-electron chi connectivity index (χ1n) is 11.5. The largest absolute Gasteiger partial charge is 0.379 e. The van der Waals surface area contributed by atoms with E-state index in [2.05, 4.69) is 23.2 Å². The fraction of sp³-hybridized carbons (Fsp3) is 0.250. The zero-order valence-electron chi connectivity index (χ0n) is 19.1. The standard InChI is InChI=1S/C28H26Cl2N2O2/c1-17(2)34-15-7-14-32-27(19-8-3-4-9-20(19)28(32)33)25-22-10-5-6-11-24(22)31-26(25)21-13-12-18(29)16-23(21)30/h3-6,8-13,16-17,27,31H,7,14-15H2,1-2H3/t27-/m1/s1. The van der Waals surface area contributed by atoms with Crippen molar-refractivity contribution in [3.05, 3.63) is 93.5 Å². The summed E-state index contributed by atoms with van der Waals surface area (Å²) < 4.78 is 5.76. The zero-order chi connectivity index (χ0) is 23.8. The predicted molar refractivity (Wildman–Crippen MR) is 139 cm³/mol. The fourth-order valence-electron chi connectivity index (χ4n) is 4.82. The molecule has 34 heavy (non-hydrogen) atoms. The van der Waals surface area contributed by atoms with Gasteiger partial charge in [0.25, 0.3) is 5.91 Å². The molecule has 1 aliphatic heterocycles. The quantitative estimate of drug-likeness (QED) is 0.271. The maximum atomic E-state index is 13.6. The number of aromatic nitrogens is 1. The highest BCUT2D eigenvalue weighted by molar-refractivity contribution is 6.36. The van der Waals surface area contributed by atoms with Gasteiger partial charge in [-0.2, -0.15) is 0 Å². The summed E-state index contributed by atoms with van der Waals surface area (Å²) in [6, 6.07) is 21.4. The van der Waals surface area contributed by atoms with Crippen LogP contribution in [0.25, 0.3) is 22.2 Å². The van der Waals surface area contributed by atoms with Crippen LogP contribution in [0.15, 0.2) is 66.7 Å². The molecule has 0 saturated heterocycles. The molecule has 1 amide bonds. The maximum absolute atomic E-state index is 13.6. The first kappa shape index (κ1) is 23.0. The van der Waals surface area contributed by atoms with Gasteiger partial charge in [-0.25, -0.2) is 0 Å². The Hall–Kier alpha value is -2.79. The highest BCUT2D eigenvalue weighted by atomic mass is 35.5. The van der Waals surface area contributed by atoms with E-state index in [1.807, 2.05) is 61.2 Å². The van der Waals surface area contributed by atoms with Crippen molar-refractivity contribution in [1.82, 2.24) is 9.88 Å².